The van der Waals surface area contributed by atoms with Gasteiger partial charge in [-0.05, 0) is 87.7 Å². The van der Waals surface area contributed by atoms with Crippen molar-refractivity contribution in [2.24, 2.45) is 13.0 Å². The number of hydrogen-bond acceptors (Lipinski definition) is 12. The Morgan fingerprint density at radius 2 is 1.83 bits per heavy atom. The second-order valence-corrected chi connectivity index (χ2v) is 16.9. The Kier molecular flexibility index (Phi) is 10.8. The lowest BCUT2D eigenvalue weighted by Crippen LogP contribution is -2.41. The van der Waals surface area contributed by atoms with Gasteiger partial charge in [-0.3, -0.25) is 33.7 Å². The summed E-state index contributed by atoms with van der Waals surface area (Å²) < 4.78 is 15.2. The van der Waals surface area contributed by atoms with Crippen molar-refractivity contribution in [3.05, 3.63) is 69.2 Å². The minimum absolute atomic E-state index is 0.0850. The van der Waals surface area contributed by atoms with Crippen LogP contribution < -0.4 is 35.9 Å². The molecule has 0 aliphatic carbocycles. The minimum Gasteiger partial charge on any atom is -0.489 e. The number of aromatic nitrogens is 5. The third kappa shape index (κ3) is 7.73. The van der Waals surface area contributed by atoms with Crippen molar-refractivity contribution in [2.75, 3.05) is 63.2 Å². The van der Waals surface area contributed by atoms with Gasteiger partial charge in [0.05, 0.1) is 34.9 Å². The van der Waals surface area contributed by atoms with E-state index in [0.717, 1.165) is 75.0 Å². The van der Waals surface area contributed by atoms with Crippen molar-refractivity contribution in [1.82, 2.24) is 39.8 Å². The van der Waals surface area contributed by atoms with Gasteiger partial charge in [0.1, 0.15) is 17.4 Å². The van der Waals surface area contributed by atoms with E-state index in [4.69, 9.17) is 31.2 Å². The summed E-state index contributed by atoms with van der Waals surface area (Å²) in [5, 5.41) is 15.1. The van der Waals surface area contributed by atoms with E-state index < -0.39 is 5.92 Å². The molecule has 4 aliphatic heterocycles. The molecule has 0 bridgehead atoms. The number of aryl methyl sites for hydroxylation is 1. The predicted molar refractivity (Wildman–Crippen MR) is 227 cm³/mol. The monoisotopic (exact) mass is 836 g/mol. The minimum atomic E-state index is -0.404. The molecule has 4 aliphatic rings. The Morgan fingerprint density at radius 1 is 1.03 bits per heavy atom. The van der Waals surface area contributed by atoms with Gasteiger partial charge in [0, 0.05) is 62.7 Å². The number of ether oxygens (including phenoxy) is 2. The molecule has 3 aromatic heterocycles. The fraction of sp³-hybridized carbons (Fsp3) is 0.465. The summed E-state index contributed by atoms with van der Waals surface area (Å²) in [6.07, 6.45) is 6.70. The maximum absolute atomic E-state index is 13.4. The van der Waals surface area contributed by atoms with Crippen molar-refractivity contribution >= 4 is 68.6 Å². The number of carbonyl (C=O) groups excluding carboxylic acids is 3. The highest BCUT2D eigenvalue weighted by atomic mass is 35.5. The smallest absolute Gasteiger partial charge is 0.293 e. The summed E-state index contributed by atoms with van der Waals surface area (Å²) >= 11 is 6.64. The second-order valence-electron chi connectivity index (χ2n) is 16.5. The van der Waals surface area contributed by atoms with Crippen LogP contribution in [0, 0.1) is 5.92 Å². The summed E-state index contributed by atoms with van der Waals surface area (Å²) in [5.41, 5.74) is 4.09. The van der Waals surface area contributed by atoms with E-state index in [1.807, 2.05) is 30.8 Å². The van der Waals surface area contributed by atoms with Crippen LogP contribution in [-0.2, 0) is 21.4 Å². The third-order valence-electron chi connectivity index (χ3n) is 12.6. The summed E-state index contributed by atoms with van der Waals surface area (Å²) in [5.74, 6) is 1.54. The zero-order valence-corrected chi connectivity index (χ0v) is 34.8. The quantitative estimate of drug-likeness (QED) is 0.165. The number of benzene rings is 2. The molecule has 0 saturated carbocycles. The Labute approximate surface area is 351 Å². The lowest BCUT2D eigenvalue weighted by Gasteiger charge is -2.38. The Balaban J connectivity index is 0.811. The molecule has 17 heteroatoms. The number of carbonyl (C=O) groups is 3. The Bertz CT molecular complexity index is 2560. The van der Waals surface area contributed by atoms with Crippen LogP contribution in [0.1, 0.15) is 74.6 Å². The van der Waals surface area contributed by atoms with Gasteiger partial charge in [-0.1, -0.05) is 23.7 Å². The number of amides is 3. The number of pyridine rings is 1. The van der Waals surface area contributed by atoms with Crippen LogP contribution in [0.4, 0.5) is 17.5 Å². The number of likely N-dealkylation sites (tertiary alicyclic amines) is 1. The van der Waals surface area contributed by atoms with Crippen LogP contribution in [0.5, 0.6) is 11.5 Å². The summed E-state index contributed by atoms with van der Waals surface area (Å²) in [7, 11) is 3.44. The van der Waals surface area contributed by atoms with E-state index in [1.54, 1.807) is 16.8 Å². The molecule has 3 saturated heterocycles. The molecule has 9 rings (SSSR count). The fourth-order valence-electron chi connectivity index (χ4n) is 9.26. The normalized spacial score (nSPS) is 20.3. The number of nitrogens with one attached hydrogen (secondary N) is 3. The second kappa shape index (κ2) is 16.4. The maximum atomic E-state index is 13.4. The van der Waals surface area contributed by atoms with Crippen LogP contribution in [0.2, 0.25) is 5.02 Å². The third-order valence-corrected chi connectivity index (χ3v) is 12.8. The van der Waals surface area contributed by atoms with Crippen LogP contribution in [0.25, 0.3) is 21.8 Å². The van der Waals surface area contributed by atoms with Crippen LogP contribution in [-0.4, -0.2) is 99.9 Å². The molecule has 2 unspecified atom stereocenters. The van der Waals surface area contributed by atoms with Gasteiger partial charge in [0.25, 0.3) is 11.5 Å². The van der Waals surface area contributed by atoms with E-state index >= 15 is 0 Å². The van der Waals surface area contributed by atoms with Crippen LogP contribution in [0.15, 0.2) is 47.4 Å². The number of fused-ring (bicyclic) bond motifs is 1. The van der Waals surface area contributed by atoms with Crippen molar-refractivity contribution in [3.63, 3.8) is 0 Å². The number of rotatable bonds is 10. The molecular formula is C43H49ClN10O6. The molecule has 16 nitrogen and oxygen atoms in total. The van der Waals surface area contributed by atoms with E-state index in [-0.39, 0.29) is 41.7 Å². The number of likely N-dealkylation sites (N-methyl/N-ethyl adjacent to an activating group) is 1. The average Bonchev–Trinajstić information content (AvgIpc) is 3.58. The molecule has 2 atom stereocenters. The molecule has 3 N–H and O–H groups in total. The average molecular weight is 837 g/mol. The first-order valence-electron chi connectivity index (χ1n) is 20.8. The molecule has 5 aromatic rings. The van der Waals surface area contributed by atoms with Crippen LogP contribution >= 0.6 is 11.6 Å². The van der Waals surface area contributed by atoms with E-state index in [1.165, 1.54) is 12.6 Å². The first-order valence-corrected chi connectivity index (χ1v) is 21.2. The van der Waals surface area contributed by atoms with Gasteiger partial charge in [0.2, 0.25) is 17.8 Å². The number of piperidine rings is 3. The van der Waals surface area contributed by atoms with Gasteiger partial charge in [-0.2, -0.15) is 10.1 Å². The van der Waals surface area contributed by atoms with Gasteiger partial charge in [-0.15, -0.1) is 0 Å². The van der Waals surface area contributed by atoms with Gasteiger partial charge in [0.15, 0.2) is 18.2 Å². The largest absolute Gasteiger partial charge is 0.489 e. The van der Waals surface area contributed by atoms with Crippen molar-refractivity contribution in [1.29, 1.82) is 0 Å². The molecule has 0 spiro atoms. The number of hydrogen-bond donors (Lipinski definition) is 3. The zero-order valence-electron chi connectivity index (χ0n) is 34.0. The maximum Gasteiger partial charge on any atom is 0.293 e. The summed E-state index contributed by atoms with van der Waals surface area (Å²) in [6, 6.07) is 11.7. The molecule has 60 heavy (non-hydrogen) atoms. The molecular weight excluding hydrogens is 788 g/mol. The summed E-state index contributed by atoms with van der Waals surface area (Å²) in [6.45, 7) is 6.80. The van der Waals surface area contributed by atoms with E-state index in [0.29, 0.717) is 70.4 Å². The first kappa shape index (κ1) is 39.7. The topological polar surface area (TPSA) is 178 Å². The predicted octanol–water partition coefficient (Wildman–Crippen LogP) is 4.77. The van der Waals surface area contributed by atoms with Crippen molar-refractivity contribution in [2.45, 2.75) is 63.3 Å². The molecule has 2 aromatic carbocycles. The number of halogens is 1. The molecule has 314 valence electrons. The highest BCUT2D eigenvalue weighted by Crippen LogP contribution is 2.38. The Hall–Kier alpha value is -5.74. The van der Waals surface area contributed by atoms with E-state index in [9.17, 15) is 19.2 Å². The molecule has 3 amide bonds. The van der Waals surface area contributed by atoms with Crippen molar-refractivity contribution in [3.8, 4) is 11.5 Å². The zero-order chi connectivity index (χ0) is 41.7. The van der Waals surface area contributed by atoms with Gasteiger partial charge >= 0.3 is 0 Å². The lowest BCUT2D eigenvalue weighted by molar-refractivity contribution is -0.134. The molecule has 0 radical (unpaired) electrons. The molecule has 7 heterocycles. The summed E-state index contributed by atoms with van der Waals surface area (Å²) in [4.78, 5) is 63.8. The number of nitrogens with zero attached hydrogens (tertiary/aromatic N) is 7. The van der Waals surface area contributed by atoms with Crippen LogP contribution in [0.3, 0.4) is 0 Å². The van der Waals surface area contributed by atoms with Gasteiger partial charge in [-0.25, -0.2) is 4.98 Å². The fourth-order valence-corrected chi connectivity index (χ4v) is 9.40. The first-order chi connectivity index (χ1) is 29.0. The number of imide groups is 1. The van der Waals surface area contributed by atoms with Gasteiger partial charge < -0.3 is 29.9 Å². The SMILES string of the molecule is CNC(=O)COc1cc2cc(Nc3nc(N4CCC(CN5CCC(c6ccc7c(C8CCC(=O)NC8=O)nn(C)c7c6)CC5)CC4)ncc3Cl)cc3c2n(c1=O)C(C)CO3. The standard InChI is InChI=1S/C43H49ClN10O6/c1-24-22-59-34-19-29(16-28-18-35(60-23-37(56)45-2)42(58)54(24)39(28)34)47-40-32(44)20-46-43(49-40)53-14-8-25(9-15-53)21-52-12-10-26(11-13-52)27-4-5-30-33(17-27)51(3)50-38(30)31-6-7-36(55)48-41(31)57/h4-5,16-20,24-26,31H,6-15,21-23H2,1-3H3,(H,45,56)(H,46,47,49)(H,48,55,57). The lowest BCUT2D eigenvalue weighted by atomic mass is 9.87. The molecule has 3 fully saturated rings. The number of anilines is 3. The van der Waals surface area contributed by atoms with Crippen molar-refractivity contribution < 1.29 is 23.9 Å². The highest BCUT2D eigenvalue weighted by Gasteiger charge is 2.33. The Morgan fingerprint density at radius 3 is 2.60 bits per heavy atom. The highest BCUT2D eigenvalue weighted by molar-refractivity contribution is 6.33. The van der Waals surface area contributed by atoms with E-state index in [2.05, 4.69) is 48.9 Å².